The number of ether oxygens (including phenoxy) is 3. The number of benzene rings is 2. The molecule has 0 spiro atoms. The molecule has 1 N–H and O–H groups in total. The smallest absolute Gasteiger partial charge is 0.336 e. The number of ketones is 1. The van der Waals surface area contributed by atoms with Crippen molar-refractivity contribution in [2.24, 2.45) is 5.92 Å². The first-order valence-electron chi connectivity index (χ1n) is 12.2. The third-order valence-corrected chi connectivity index (χ3v) is 6.52. The summed E-state index contributed by atoms with van der Waals surface area (Å²) in [6.07, 6.45) is 4.58. The molecule has 2 aromatic carbocycles. The monoisotopic (exact) mass is 530 g/mol. The quantitative estimate of drug-likeness (QED) is 0.269. The number of carbonyl (C=O) groups is 2. The van der Waals surface area contributed by atoms with Crippen LogP contribution >= 0.6 is 0 Å². The van der Waals surface area contributed by atoms with Gasteiger partial charge in [0.1, 0.15) is 28.5 Å². The van der Waals surface area contributed by atoms with Crippen molar-refractivity contribution in [2.45, 2.75) is 26.1 Å². The van der Waals surface area contributed by atoms with Gasteiger partial charge >= 0.3 is 5.63 Å². The Kier molecular flexibility index (Phi) is 6.65. The second-order valence-electron chi connectivity index (χ2n) is 9.24. The van der Waals surface area contributed by atoms with E-state index in [1.165, 1.54) is 30.0 Å². The number of nitrogens with zero attached hydrogens (tertiary/aromatic N) is 3. The van der Waals surface area contributed by atoms with Crippen LogP contribution in [-0.4, -0.2) is 40.9 Å². The molecule has 0 aliphatic carbocycles. The third kappa shape index (κ3) is 4.63. The number of nitrogens with one attached hydrogen (secondary N) is 1. The molecule has 4 aromatic rings. The second kappa shape index (κ2) is 10.1. The van der Waals surface area contributed by atoms with E-state index in [4.69, 9.17) is 18.6 Å². The Morgan fingerprint density at radius 1 is 1.13 bits per heavy atom. The summed E-state index contributed by atoms with van der Waals surface area (Å²) in [6.45, 7) is 3.75. The van der Waals surface area contributed by atoms with Crippen LogP contribution in [0.5, 0.6) is 17.2 Å². The first-order chi connectivity index (χ1) is 18.7. The van der Waals surface area contributed by atoms with E-state index in [0.717, 1.165) is 0 Å². The van der Waals surface area contributed by atoms with Gasteiger partial charge in [-0.1, -0.05) is 19.1 Å². The average molecular weight is 531 g/mol. The number of hydrogen-bond donors (Lipinski definition) is 1. The number of aromatic nitrogens is 3. The van der Waals surface area contributed by atoms with Gasteiger partial charge in [0.15, 0.2) is 0 Å². The number of rotatable bonds is 8. The van der Waals surface area contributed by atoms with Crippen LogP contribution in [0, 0.1) is 5.92 Å². The van der Waals surface area contributed by atoms with Crippen molar-refractivity contribution in [3.8, 4) is 17.2 Å². The molecular formula is C28H26N4O7. The van der Waals surface area contributed by atoms with E-state index in [2.05, 4.69) is 15.6 Å². The Morgan fingerprint density at radius 3 is 2.69 bits per heavy atom. The Bertz CT molecular complexity index is 1670. The molecule has 5 rings (SSSR count). The average Bonchev–Trinajstić information content (AvgIpc) is 3.52. The SMILES string of the molecule is COc1ccc(/C=C/C(=O)NCc2cn(C3(C(C)C)Oc4cc5oc(=O)ccc5cc4C3=O)nn2)c(OC)c1. The highest BCUT2D eigenvalue weighted by atomic mass is 16.5. The minimum absolute atomic E-state index is 0.0767. The normalized spacial score (nSPS) is 16.5. The fourth-order valence-corrected chi connectivity index (χ4v) is 4.46. The second-order valence-corrected chi connectivity index (χ2v) is 9.24. The van der Waals surface area contributed by atoms with Crippen LogP contribution in [0.15, 0.2) is 63.9 Å². The number of methoxy groups -OCH3 is 2. The Morgan fingerprint density at radius 2 is 1.95 bits per heavy atom. The fourth-order valence-electron chi connectivity index (χ4n) is 4.46. The van der Waals surface area contributed by atoms with Crippen LogP contribution in [0.2, 0.25) is 0 Å². The molecule has 0 radical (unpaired) electrons. The van der Waals surface area contributed by atoms with Crippen molar-refractivity contribution in [1.29, 1.82) is 0 Å². The van der Waals surface area contributed by atoms with Gasteiger partial charge in [-0.2, -0.15) is 0 Å². The number of fused-ring (bicyclic) bond motifs is 2. The van der Waals surface area contributed by atoms with Gasteiger partial charge in [-0.15, -0.1) is 5.10 Å². The Hall–Kier alpha value is -4.93. The van der Waals surface area contributed by atoms with Gasteiger partial charge in [0.2, 0.25) is 11.7 Å². The summed E-state index contributed by atoms with van der Waals surface area (Å²) in [5, 5.41) is 11.7. The number of carbonyl (C=O) groups excluding carboxylic acids is 2. The molecule has 11 nitrogen and oxygen atoms in total. The van der Waals surface area contributed by atoms with Gasteiger partial charge in [-0.3, -0.25) is 9.59 Å². The number of hydrogen-bond acceptors (Lipinski definition) is 9. The van der Waals surface area contributed by atoms with Gasteiger partial charge in [0.25, 0.3) is 5.72 Å². The lowest BCUT2D eigenvalue weighted by molar-refractivity contribution is -0.116. The first-order valence-corrected chi connectivity index (χ1v) is 12.2. The van der Waals surface area contributed by atoms with E-state index in [9.17, 15) is 14.4 Å². The predicted octanol–water partition coefficient (Wildman–Crippen LogP) is 3.32. The van der Waals surface area contributed by atoms with Crippen molar-refractivity contribution < 1.29 is 28.2 Å². The minimum Gasteiger partial charge on any atom is -0.497 e. The highest BCUT2D eigenvalue weighted by Gasteiger charge is 2.53. The lowest BCUT2D eigenvalue weighted by atomic mass is 9.92. The molecule has 0 bridgehead atoms. The molecule has 39 heavy (non-hydrogen) atoms. The summed E-state index contributed by atoms with van der Waals surface area (Å²) < 4.78 is 23.4. The maximum Gasteiger partial charge on any atom is 0.336 e. The Balaban J connectivity index is 1.33. The summed E-state index contributed by atoms with van der Waals surface area (Å²) in [6, 6.07) is 11.4. The van der Waals surface area contributed by atoms with Gasteiger partial charge < -0.3 is 23.9 Å². The number of amides is 1. The topological polar surface area (TPSA) is 135 Å². The highest BCUT2D eigenvalue weighted by Crippen LogP contribution is 2.43. The standard InChI is InChI=1S/C28H26N4O7/c1-16(2)28(27(35)21-11-18-7-10-26(34)38-23(18)13-24(21)39-28)32-15-19(30-31-32)14-29-25(33)9-6-17-5-8-20(36-3)12-22(17)37-4/h5-13,15-16H,14H2,1-4H3,(H,29,33)/b9-6+. The molecule has 2 aromatic heterocycles. The van der Waals surface area contributed by atoms with E-state index >= 15 is 0 Å². The van der Waals surface area contributed by atoms with Crippen LogP contribution < -0.4 is 25.2 Å². The maximum atomic E-state index is 13.7. The van der Waals surface area contributed by atoms with Gasteiger partial charge in [-0.05, 0) is 30.3 Å². The lowest BCUT2D eigenvalue weighted by Crippen LogP contribution is -2.48. The molecule has 1 aliphatic heterocycles. The Labute approximate surface area is 223 Å². The summed E-state index contributed by atoms with van der Waals surface area (Å²) in [5.74, 6) is 0.521. The van der Waals surface area contributed by atoms with E-state index in [-0.39, 0.29) is 24.2 Å². The van der Waals surface area contributed by atoms with E-state index in [1.54, 1.807) is 49.7 Å². The molecule has 0 fully saturated rings. The zero-order chi connectivity index (χ0) is 27.7. The number of Topliss-reactive ketones (excluding diaryl/α,β-unsaturated/α-hetero) is 1. The molecule has 3 heterocycles. The van der Waals surface area contributed by atoms with Crippen molar-refractivity contribution in [2.75, 3.05) is 14.2 Å². The molecule has 1 aliphatic rings. The summed E-state index contributed by atoms with van der Waals surface area (Å²) in [5.41, 5.74) is -0.169. The third-order valence-electron chi connectivity index (χ3n) is 6.52. The van der Waals surface area contributed by atoms with Crippen molar-refractivity contribution >= 4 is 28.7 Å². The van der Waals surface area contributed by atoms with E-state index in [1.807, 2.05) is 13.8 Å². The lowest BCUT2D eigenvalue weighted by Gasteiger charge is -2.30. The summed E-state index contributed by atoms with van der Waals surface area (Å²) >= 11 is 0. The van der Waals surface area contributed by atoms with Gasteiger partial charge in [0, 0.05) is 41.1 Å². The molecular weight excluding hydrogens is 504 g/mol. The van der Waals surface area contributed by atoms with Crippen LogP contribution in [0.1, 0.15) is 35.5 Å². The first kappa shape index (κ1) is 25.7. The highest BCUT2D eigenvalue weighted by molar-refractivity contribution is 6.08. The molecule has 200 valence electrons. The minimum atomic E-state index is -1.49. The van der Waals surface area contributed by atoms with Crippen LogP contribution in [-0.2, 0) is 17.1 Å². The van der Waals surface area contributed by atoms with Crippen LogP contribution in [0.3, 0.4) is 0 Å². The molecule has 0 saturated carbocycles. The molecule has 11 heteroatoms. The molecule has 1 unspecified atom stereocenters. The van der Waals surface area contributed by atoms with E-state index < -0.39 is 11.4 Å². The van der Waals surface area contributed by atoms with Crippen molar-refractivity contribution in [3.05, 3.63) is 82.0 Å². The summed E-state index contributed by atoms with van der Waals surface area (Å²) in [7, 11) is 3.10. The van der Waals surface area contributed by atoms with Crippen molar-refractivity contribution in [3.63, 3.8) is 0 Å². The molecule has 0 saturated heterocycles. The fraction of sp³-hybridized carbons (Fsp3) is 0.250. The molecule has 1 amide bonds. The van der Waals surface area contributed by atoms with Gasteiger partial charge in [0.05, 0.1) is 32.5 Å². The zero-order valence-corrected chi connectivity index (χ0v) is 21.8. The van der Waals surface area contributed by atoms with Crippen LogP contribution in [0.4, 0.5) is 0 Å². The summed E-state index contributed by atoms with van der Waals surface area (Å²) in [4.78, 5) is 37.8. The predicted molar refractivity (Wildman–Crippen MR) is 141 cm³/mol. The van der Waals surface area contributed by atoms with Gasteiger partial charge in [-0.25, -0.2) is 9.48 Å². The van der Waals surface area contributed by atoms with E-state index in [0.29, 0.717) is 45.0 Å². The maximum absolute atomic E-state index is 13.7. The van der Waals surface area contributed by atoms with Crippen molar-refractivity contribution in [1.82, 2.24) is 20.3 Å². The zero-order valence-electron chi connectivity index (χ0n) is 21.8. The molecule has 1 atom stereocenters. The van der Waals surface area contributed by atoms with Crippen LogP contribution in [0.25, 0.3) is 17.0 Å². The largest absolute Gasteiger partial charge is 0.497 e.